The van der Waals surface area contributed by atoms with Gasteiger partial charge in [0.2, 0.25) is 0 Å². The molecule has 64 heavy (non-hydrogen) atoms. The fraction of sp³-hybridized carbons (Fsp3) is 0.625. The Hall–Kier alpha value is 0.628. The van der Waals surface area contributed by atoms with E-state index in [0.29, 0.717) is 17.2 Å². The maximum Gasteiger partial charge on any atom is 0.123 e. The Labute approximate surface area is 435 Å². The Kier molecular flexibility index (Phi) is 37.8. The molecule has 3 aromatic carbocycles. The van der Waals surface area contributed by atoms with Crippen LogP contribution in [-0.2, 0) is 132 Å². The van der Waals surface area contributed by atoms with Crippen LogP contribution < -0.4 is 28.3 Å². The zero-order valence-electron chi connectivity index (χ0n) is 39.3. The summed E-state index contributed by atoms with van der Waals surface area (Å²) in [7, 11) is 0. The van der Waals surface area contributed by atoms with Gasteiger partial charge in [-0.05, 0) is 129 Å². The molecule has 366 valence electrons. The van der Waals surface area contributed by atoms with Gasteiger partial charge in [0.05, 0.1) is 0 Å². The largest absolute Gasteiger partial charge is 0.809 e. The fourth-order valence-electron chi connectivity index (χ4n) is 7.36. The number of hydrogen-bond donors (Lipinski definition) is 0. The van der Waals surface area contributed by atoms with E-state index in [4.69, 9.17) is 85.7 Å². The van der Waals surface area contributed by atoms with Crippen LogP contribution in [0.1, 0.15) is 190 Å². The summed E-state index contributed by atoms with van der Waals surface area (Å²) in [4.78, 5) is 34.9. The van der Waals surface area contributed by atoms with Gasteiger partial charge in [0.15, 0.2) is 0 Å². The molecule has 0 aliphatic heterocycles. The molecular weight excluding hydrogens is 1050 g/mol. The summed E-state index contributed by atoms with van der Waals surface area (Å²) in [6, 6.07) is 17.8. The standard InChI is InChI=1S/3C16H27O2PS2.Mo/c3*1-3-5-7-10-14-11-9-13-16(18-19(17,20)21)15(14)12-8-6-4-2;/h3*9,11,13H,3-8,10,12H2,1-2H3,(H2,17,20,21);/p-6. The molecule has 0 bridgehead atoms. The molecule has 3 rings (SSSR count). The van der Waals surface area contributed by atoms with Crippen LogP contribution in [0.3, 0.4) is 0 Å². The maximum atomic E-state index is 11.6. The van der Waals surface area contributed by atoms with Gasteiger partial charge in [0, 0.05) is 21.1 Å². The first-order valence-electron chi connectivity index (χ1n) is 23.4. The molecule has 0 radical (unpaired) electrons. The van der Waals surface area contributed by atoms with Crippen molar-refractivity contribution in [1.82, 2.24) is 0 Å². The second kappa shape index (κ2) is 37.5. The molecule has 0 N–H and O–H groups in total. The molecule has 0 fully saturated rings. The van der Waals surface area contributed by atoms with Gasteiger partial charge in [-0.2, -0.15) is 0 Å². The average molecular weight is 1130 g/mol. The summed E-state index contributed by atoms with van der Waals surface area (Å²) in [5.41, 5.74) is -2.70. The van der Waals surface area contributed by atoms with E-state index in [2.05, 4.69) is 59.7 Å². The normalized spacial score (nSPS) is 13.7. The molecule has 3 unspecified atom stereocenters. The number of aryl methyl sites for hydroxylation is 3. The van der Waals surface area contributed by atoms with Crippen molar-refractivity contribution in [3.05, 3.63) is 88.0 Å². The van der Waals surface area contributed by atoms with Crippen molar-refractivity contribution < 1.29 is 49.3 Å². The van der Waals surface area contributed by atoms with E-state index in [9.17, 15) is 14.7 Å². The Bertz CT molecular complexity index is 1630. The van der Waals surface area contributed by atoms with Crippen molar-refractivity contribution in [3.8, 4) is 17.2 Å². The van der Waals surface area contributed by atoms with Crippen LogP contribution in [0.2, 0.25) is 0 Å². The van der Waals surface area contributed by atoms with Crippen molar-refractivity contribution in [2.45, 2.75) is 196 Å². The number of rotatable bonds is 30. The molecule has 16 heteroatoms. The second-order valence-electron chi connectivity index (χ2n) is 16.0. The number of benzene rings is 3. The molecule has 0 aliphatic carbocycles. The Morgan fingerprint density at radius 3 is 0.766 bits per heavy atom. The van der Waals surface area contributed by atoms with E-state index in [-0.39, 0.29) is 21.1 Å². The number of unbranched alkanes of at least 4 members (excludes halogenated alkanes) is 12. The molecule has 3 aromatic rings. The zero-order valence-corrected chi connectivity index (χ0v) is 48.9. The van der Waals surface area contributed by atoms with E-state index in [1.54, 1.807) is 0 Å². The van der Waals surface area contributed by atoms with Gasteiger partial charge in [0.25, 0.3) is 0 Å². The zero-order chi connectivity index (χ0) is 47.2. The van der Waals surface area contributed by atoms with Gasteiger partial charge < -0.3 is 65.0 Å². The average Bonchev–Trinajstić information content (AvgIpc) is 3.20. The van der Waals surface area contributed by atoms with Crippen molar-refractivity contribution in [2.24, 2.45) is 0 Å². The molecule has 6 nitrogen and oxygen atoms in total. The van der Waals surface area contributed by atoms with E-state index in [1.807, 2.05) is 36.4 Å². The quantitative estimate of drug-likeness (QED) is 0.0275. The van der Waals surface area contributed by atoms with Crippen molar-refractivity contribution >= 4 is 89.2 Å². The van der Waals surface area contributed by atoms with Gasteiger partial charge in [-0.3, -0.25) is 0 Å². The van der Waals surface area contributed by atoms with Crippen molar-refractivity contribution in [1.29, 1.82) is 0 Å². The Morgan fingerprint density at radius 1 is 0.375 bits per heavy atom. The fourth-order valence-corrected chi connectivity index (χ4v) is 10.0. The van der Waals surface area contributed by atoms with E-state index in [1.165, 1.54) is 113 Å². The Morgan fingerprint density at radius 2 is 0.578 bits per heavy atom. The smallest absolute Gasteiger partial charge is 0.123 e. The van der Waals surface area contributed by atoms with E-state index >= 15 is 0 Å². The van der Waals surface area contributed by atoms with Crippen molar-refractivity contribution in [3.63, 3.8) is 0 Å². The molecule has 0 aromatic heterocycles. The first kappa shape index (κ1) is 64.6. The van der Waals surface area contributed by atoms with Crippen molar-refractivity contribution in [2.75, 3.05) is 0 Å². The summed E-state index contributed by atoms with van der Waals surface area (Å²) < 4.78 is 16.2. The molecule has 0 spiro atoms. The van der Waals surface area contributed by atoms with Crippen LogP contribution in [0.25, 0.3) is 0 Å². The van der Waals surface area contributed by atoms with Crippen LogP contribution >= 0.6 is 17.1 Å². The first-order chi connectivity index (χ1) is 29.9. The predicted octanol–water partition coefficient (Wildman–Crippen LogP) is 14.0. The van der Waals surface area contributed by atoms with Gasteiger partial charge in [-0.15, -0.1) is 0 Å². The minimum atomic E-state index is -3.34. The van der Waals surface area contributed by atoms with Crippen LogP contribution in [0.15, 0.2) is 54.6 Å². The summed E-state index contributed by atoms with van der Waals surface area (Å²) in [5.74, 6) is 1.90. The second-order valence-corrected chi connectivity index (χ2v) is 30.0. The maximum absolute atomic E-state index is 11.6. The van der Waals surface area contributed by atoms with Crippen LogP contribution in [-0.4, -0.2) is 0 Å². The van der Waals surface area contributed by atoms with Crippen LogP contribution in [0, 0.1) is 0 Å². The topological polar surface area (TPSA) is 96.9 Å². The first-order valence-corrected chi connectivity index (χ1v) is 34.4. The molecular formula is C48H75MoO6P3S6-6. The third-order valence-electron chi connectivity index (χ3n) is 10.6. The third kappa shape index (κ3) is 31.0. The summed E-state index contributed by atoms with van der Waals surface area (Å²) in [5, 5.41) is 0. The van der Waals surface area contributed by atoms with Gasteiger partial charge in [0.1, 0.15) is 17.2 Å². The van der Waals surface area contributed by atoms with E-state index < -0.39 is 17.1 Å². The molecule has 0 heterocycles. The minimum absolute atomic E-state index is 0. The van der Waals surface area contributed by atoms with Crippen LogP contribution in [0.5, 0.6) is 17.2 Å². The summed E-state index contributed by atoms with van der Waals surface area (Å²) in [6.45, 7) is 13.2. The molecule has 0 amide bonds. The molecule has 3 atom stereocenters. The van der Waals surface area contributed by atoms with Crippen LogP contribution in [0.4, 0.5) is 0 Å². The molecule has 0 saturated heterocycles. The number of hydrogen-bond acceptors (Lipinski definition) is 12. The summed E-state index contributed by atoms with van der Waals surface area (Å²) in [6.07, 6.45) is 27.1. The van der Waals surface area contributed by atoms with E-state index in [0.717, 1.165) is 74.5 Å². The van der Waals surface area contributed by atoms with Gasteiger partial charge >= 0.3 is 0 Å². The Balaban J connectivity index is 0.000000923. The minimum Gasteiger partial charge on any atom is -0.809 e. The molecule has 0 saturated carbocycles. The SMILES string of the molecule is CCCCCc1cccc(OP([O-])(=S)[S-])c1CCCCC.CCCCCc1cccc(OP([O-])(=S)[S-])c1CCCCC.CCCCCc1cccc(OP([O-])(=S)[S-])c1CCCCC.[Mo]. The third-order valence-corrected chi connectivity index (χ3v) is 13.2. The monoisotopic (exact) mass is 1130 g/mol. The van der Waals surface area contributed by atoms with Gasteiger partial charge in [-0.1, -0.05) is 207 Å². The summed E-state index contributed by atoms with van der Waals surface area (Å²) >= 11 is 28.6. The van der Waals surface area contributed by atoms with Gasteiger partial charge in [-0.25, -0.2) is 0 Å². The molecule has 0 aliphatic rings. The predicted molar refractivity (Wildman–Crippen MR) is 286 cm³/mol.